The summed E-state index contributed by atoms with van der Waals surface area (Å²) >= 11 is 5.96. The number of carbonyl (C=O) groups is 1. The number of nitrogens with zero attached hydrogens (tertiary/aromatic N) is 1. The molecule has 1 aliphatic heterocycles. The fourth-order valence-corrected chi connectivity index (χ4v) is 3.06. The number of rotatable bonds is 5. The number of aryl methyl sites for hydroxylation is 1. The van der Waals surface area contributed by atoms with E-state index in [0.717, 1.165) is 36.8 Å². The van der Waals surface area contributed by atoms with Crippen LogP contribution < -0.4 is 10.6 Å². The van der Waals surface area contributed by atoms with Crippen molar-refractivity contribution in [3.63, 3.8) is 0 Å². The van der Waals surface area contributed by atoms with E-state index in [1.807, 2.05) is 19.1 Å². The zero-order valence-corrected chi connectivity index (χ0v) is 13.1. The number of hydrogen-bond donors (Lipinski definition) is 2. The van der Waals surface area contributed by atoms with Gasteiger partial charge in [0.05, 0.1) is 6.54 Å². The Balaban J connectivity index is 1.45. The van der Waals surface area contributed by atoms with Gasteiger partial charge in [-0.3, -0.25) is 9.69 Å². The summed E-state index contributed by atoms with van der Waals surface area (Å²) in [5.41, 5.74) is 1.81. The first-order valence-electron chi connectivity index (χ1n) is 7.65. The van der Waals surface area contributed by atoms with Gasteiger partial charge in [0.15, 0.2) is 0 Å². The Bertz CT molecular complexity index is 530. The summed E-state index contributed by atoms with van der Waals surface area (Å²) in [6.07, 6.45) is 3.84. The molecule has 2 fully saturated rings. The molecule has 1 aromatic carbocycles. The minimum atomic E-state index is -0.00904. The number of likely N-dealkylation sites (tertiary alicyclic amines) is 1. The third kappa shape index (κ3) is 3.96. The molecule has 0 radical (unpaired) electrons. The number of nitrogens with one attached hydrogen (secondary N) is 2. The van der Waals surface area contributed by atoms with Crippen molar-refractivity contribution in [2.45, 2.75) is 38.3 Å². The van der Waals surface area contributed by atoms with Crippen LogP contribution in [-0.4, -0.2) is 42.5 Å². The van der Waals surface area contributed by atoms with Crippen molar-refractivity contribution in [3.05, 3.63) is 28.8 Å². The van der Waals surface area contributed by atoms with E-state index in [4.69, 9.17) is 11.6 Å². The topological polar surface area (TPSA) is 44.4 Å². The Morgan fingerprint density at radius 3 is 2.95 bits per heavy atom. The molecule has 4 nitrogen and oxygen atoms in total. The van der Waals surface area contributed by atoms with E-state index in [1.54, 1.807) is 6.07 Å². The Kier molecular flexibility index (Phi) is 4.48. The van der Waals surface area contributed by atoms with E-state index in [0.29, 0.717) is 17.6 Å². The average molecular weight is 308 g/mol. The molecule has 3 rings (SSSR count). The maximum absolute atomic E-state index is 12.0. The van der Waals surface area contributed by atoms with Gasteiger partial charge in [0.2, 0.25) is 5.91 Å². The SMILES string of the molecule is Cc1ccc(Cl)cc1NC(=O)CNC1CCN(C2CC2)C1. The number of anilines is 1. The molecule has 1 aliphatic carbocycles. The van der Waals surface area contributed by atoms with Gasteiger partial charge in [0, 0.05) is 35.9 Å². The van der Waals surface area contributed by atoms with Crippen molar-refractivity contribution >= 4 is 23.2 Å². The predicted molar refractivity (Wildman–Crippen MR) is 85.8 cm³/mol. The Morgan fingerprint density at radius 1 is 1.38 bits per heavy atom. The molecular formula is C16H22ClN3O. The van der Waals surface area contributed by atoms with Crippen molar-refractivity contribution in [1.29, 1.82) is 0 Å². The second kappa shape index (κ2) is 6.34. The molecule has 0 bridgehead atoms. The molecule has 21 heavy (non-hydrogen) atoms. The zero-order valence-electron chi connectivity index (χ0n) is 12.4. The molecule has 1 saturated heterocycles. The second-order valence-electron chi connectivity index (χ2n) is 6.10. The summed E-state index contributed by atoms with van der Waals surface area (Å²) in [5, 5.41) is 6.92. The number of benzene rings is 1. The number of carbonyl (C=O) groups excluding carboxylic acids is 1. The molecule has 0 spiro atoms. The largest absolute Gasteiger partial charge is 0.325 e. The highest BCUT2D eigenvalue weighted by molar-refractivity contribution is 6.31. The zero-order chi connectivity index (χ0) is 14.8. The van der Waals surface area contributed by atoms with Gasteiger partial charge in [0.25, 0.3) is 0 Å². The first-order chi connectivity index (χ1) is 10.1. The van der Waals surface area contributed by atoms with Crippen molar-refractivity contribution in [3.8, 4) is 0 Å². The van der Waals surface area contributed by atoms with Crippen LogP contribution in [-0.2, 0) is 4.79 Å². The molecule has 1 aromatic rings. The molecule has 2 N–H and O–H groups in total. The maximum atomic E-state index is 12.0. The number of halogens is 1. The van der Waals surface area contributed by atoms with Crippen LogP contribution in [0.2, 0.25) is 5.02 Å². The van der Waals surface area contributed by atoms with Crippen molar-refractivity contribution < 1.29 is 4.79 Å². The minimum absolute atomic E-state index is 0.00904. The van der Waals surface area contributed by atoms with Crippen molar-refractivity contribution in [1.82, 2.24) is 10.2 Å². The van der Waals surface area contributed by atoms with Crippen LogP contribution in [0.5, 0.6) is 0 Å². The molecule has 1 atom stereocenters. The Hall–Kier alpha value is -1.10. The quantitative estimate of drug-likeness (QED) is 0.878. The third-order valence-corrected chi connectivity index (χ3v) is 4.54. The highest BCUT2D eigenvalue weighted by Gasteiger charge is 2.34. The molecule has 1 heterocycles. The lowest BCUT2D eigenvalue weighted by Gasteiger charge is -2.16. The van der Waals surface area contributed by atoms with Gasteiger partial charge >= 0.3 is 0 Å². The first kappa shape index (κ1) is 14.8. The van der Waals surface area contributed by atoms with Crippen LogP contribution in [0.3, 0.4) is 0 Å². The van der Waals surface area contributed by atoms with Crippen molar-refractivity contribution in [2.24, 2.45) is 0 Å². The van der Waals surface area contributed by atoms with Gasteiger partial charge in [-0.2, -0.15) is 0 Å². The van der Waals surface area contributed by atoms with Gasteiger partial charge in [-0.1, -0.05) is 17.7 Å². The fraction of sp³-hybridized carbons (Fsp3) is 0.562. The molecule has 114 valence electrons. The van der Waals surface area contributed by atoms with Gasteiger partial charge < -0.3 is 10.6 Å². The molecule has 1 saturated carbocycles. The third-order valence-electron chi connectivity index (χ3n) is 4.31. The van der Waals surface area contributed by atoms with E-state index >= 15 is 0 Å². The molecule has 5 heteroatoms. The summed E-state index contributed by atoms with van der Waals surface area (Å²) in [6.45, 7) is 4.56. The van der Waals surface area contributed by atoms with Gasteiger partial charge in [0.1, 0.15) is 0 Å². The summed E-state index contributed by atoms with van der Waals surface area (Å²) in [4.78, 5) is 14.6. The number of amides is 1. The van der Waals surface area contributed by atoms with Gasteiger partial charge in [-0.25, -0.2) is 0 Å². The van der Waals surface area contributed by atoms with E-state index in [2.05, 4.69) is 15.5 Å². The van der Waals surface area contributed by atoms with E-state index in [9.17, 15) is 4.79 Å². The standard InChI is InChI=1S/C16H22ClN3O/c1-11-2-3-12(17)8-15(11)19-16(21)9-18-13-6-7-20(10-13)14-4-5-14/h2-3,8,13-14,18H,4-7,9-10H2,1H3,(H,19,21). The smallest absolute Gasteiger partial charge is 0.238 e. The summed E-state index contributed by atoms with van der Waals surface area (Å²) < 4.78 is 0. The first-order valence-corrected chi connectivity index (χ1v) is 8.03. The van der Waals surface area contributed by atoms with Crippen molar-refractivity contribution in [2.75, 3.05) is 25.0 Å². The molecule has 1 amide bonds. The molecule has 1 unspecified atom stereocenters. The lowest BCUT2D eigenvalue weighted by atomic mass is 10.2. The van der Waals surface area contributed by atoms with Crippen LogP contribution >= 0.6 is 11.6 Å². The lowest BCUT2D eigenvalue weighted by molar-refractivity contribution is -0.115. The number of hydrogen-bond acceptors (Lipinski definition) is 3. The summed E-state index contributed by atoms with van der Waals surface area (Å²) in [6, 6.07) is 6.79. The van der Waals surface area contributed by atoms with Gasteiger partial charge in [-0.15, -0.1) is 0 Å². The monoisotopic (exact) mass is 307 g/mol. The van der Waals surface area contributed by atoms with Crippen LogP contribution in [0.25, 0.3) is 0 Å². The second-order valence-corrected chi connectivity index (χ2v) is 6.54. The predicted octanol–water partition coefficient (Wildman–Crippen LogP) is 2.41. The highest BCUT2D eigenvalue weighted by atomic mass is 35.5. The average Bonchev–Trinajstić information content (AvgIpc) is 3.20. The van der Waals surface area contributed by atoms with E-state index < -0.39 is 0 Å². The van der Waals surface area contributed by atoms with Crippen LogP contribution in [0.1, 0.15) is 24.8 Å². The summed E-state index contributed by atoms with van der Waals surface area (Å²) in [5.74, 6) is -0.00904. The fourth-order valence-electron chi connectivity index (χ4n) is 2.89. The summed E-state index contributed by atoms with van der Waals surface area (Å²) in [7, 11) is 0. The van der Waals surface area contributed by atoms with Crippen LogP contribution in [0.15, 0.2) is 18.2 Å². The lowest BCUT2D eigenvalue weighted by Crippen LogP contribution is -2.38. The van der Waals surface area contributed by atoms with E-state index in [-0.39, 0.29) is 5.91 Å². The highest BCUT2D eigenvalue weighted by Crippen LogP contribution is 2.29. The normalized spacial score (nSPS) is 22.5. The molecular weight excluding hydrogens is 286 g/mol. The minimum Gasteiger partial charge on any atom is -0.325 e. The van der Waals surface area contributed by atoms with Gasteiger partial charge in [-0.05, 0) is 43.9 Å². The van der Waals surface area contributed by atoms with Crippen LogP contribution in [0, 0.1) is 6.92 Å². The van der Waals surface area contributed by atoms with Crippen LogP contribution in [0.4, 0.5) is 5.69 Å². The molecule has 2 aliphatic rings. The Labute approximate surface area is 130 Å². The molecule has 0 aromatic heterocycles. The van der Waals surface area contributed by atoms with E-state index in [1.165, 1.54) is 12.8 Å². The maximum Gasteiger partial charge on any atom is 0.238 e. The Morgan fingerprint density at radius 2 is 2.19 bits per heavy atom.